The molecule has 1 atom stereocenters. The molecule has 1 fully saturated rings. The molecule has 0 radical (unpaired) electrons. The lowest BCUT2D eigenvalue weighted by molar-refractivity contribution is 0.0928. The minimum absolute atomic E-state index is 0.0698. The molecule has 1 aliphatic carbocycles. The number of carbonyl (C=O) groups excluding carboxylic acids is 1. The molecule has 0 aliphatic heterocycles. The van der Waals surface area contributed by atoms with E-state index in [-0.39, 0.29) is 11.9 Å². The number of anilines is 1. The average Bonchev–Trinajstić information content (AvgIpc) is 3.21. The number of carbonyl (C=O) groups is 1. The third-order valence-electron chi connectivity index (χ3n) is 3.38. The van der Waals surface area contributed by atoms with Gasteiger partial charge >= 0.3 is 0 Å². The SMILES string of the molecule is CCC(CC1CC1)NC(=O)c1cccc(NC)n1. The van der Waals surface area contributed by atoms with Gasteiger partial charge in [0.1, 0.15) is 11.5 Å². The fourth-order valence-electron chi connectivity index (χ4n) is 2.04. The summed E-state index contributed by atoms with van der Waals surface area (Å²) in [6.07, 6.45) is 4.72. The van der Waals surface area contributed by atoms with Gasteiger partial charge in [-0.3, -0.25) is 4.79 Å². The second-order valence-corrected chi connectivity index (χ2v) is 4.92. The van der Waals surface area contributed by atoms with E-state index in [1.807, 2.05) is 12.1 Å². The number of amides is 1. The summed E-state index contributed by atoms with van der Waals surface area (Å²) in [4.78, 5) is 16.3. The van der Waals surface area contributed by atoms with Gasteiger partial charge in [-0.2, -0.15) is 0 Å². The summed E-state index contributed by atoms with van der Waals surface area (Å²) in [5.74, 6) is 1.48. The smallest absolute Gasteiger partial charge is 0.270 e. The average molecular weight is 247 g/mol. The number of nitrogens with one attached hydrogen (secondary N) is 2. The van der Waals surface area contributed by atoms with E-state index in [1.165, 1.54) is 12.8 Å². The third-order valence-corrected chi connectivity index (χ3v) is 3.38. The molecule has 1 heterocycles. The van der Waals surface area contributed by atoms with Crippen LogP contribution in [0.5, 0.6) is 0 Å². The first-order valence-corrected chi connectivity index (χ1v) is 6.68. The zero-order valence-electron chi connectivity index (χ0n) is 11.1. The Morgan fingerprint density at radius 3 is 2.89 bits per heavy atom. The van der Waals surface area contributed by atoms with Crippen LogP contribution >= 0.6 is 0 Å². The molecule has 1 unspecified atom stereocenters. The summed E-state index contributed by atoms with van der Waals surface area (Å²) < 4.78 is 0. The topological polar surface area (TPSA) is 54.0 Å². The van der Waals surface area contributed by atoms with Gasteiger partial charge < -0.3 is 10.6 Å². The van der Waals surface area contributed by atoms with Gasteiger partial charge in [-0.05, 0) is 30.9 Å². The van der Waals surface area contributed by atoms with E-state index >= 15 is 0 Å². The maximum absolute atomic E-state index is 12.1. The Balaban J connectivity index is 1.96. The Morgan fingerprint density at radius 1 is 1.50 bits per heavy atom. The Hall–Kier alpha value is -1.58. The van der Waals surface area contributed by atoms with Crippen LogP contribution in [0.4, 0.5) is 5.82 Å². The molecule has 4 nitrogen and oxygen atoms in total. The van der Waals surface area contributed by atoms with Crippen molar-refractivity contribution in [1.82, 2.24) is 10.3 Å². The van der Waals surface area contributed by atoms with E-state index < -0.39 is 0 Å². The van der Waals surface area contributed by atoms with E-state index in [9.17, 15) is 4.79 Å². The van der Waals surface area contributed by atoms with Gasteiger partial charge in [0.15, 0.2) is 0 Å². The normalized spacial score (nSPS) is 16.1. The van der Waals surface area contributed by atoms with E-state index in [4.69, 9.17) is 0 Å². The minimum atomic E-state index is -0.0698. The molecule has 98 valence electrons. The fraction of sp³-hybridized carbons (Fsp3) is 0.571. The zero-order valence-corrected chi connectivity index (χ0v) is 11.1. The Labute approximate surface area is 108 Å². The molecule has 2 N–H and O–H groups in total. The molecule has 0 spiro atoms. The lowest BCUT2D eigenvalue weighted by atomic mass is 10.1. The van der Waals surface area contributed by atoms with Gasteiger partial charge in [-0.1, -0.05) is 25.8 Å². The number of pyridine rings is 1. The first-order valence-electron chi connectivity index (χ1n) is 6.68. The van der Waals surface area contributed by atoms with E-state index in [2.05, 4.69) is 22.5 Å². The molecule has 2 rings (SSSR count). The Kier molecular flexibility index (Phi) is 4.18. The van der Waals surface area contributed by atoms with E-state index in [0.29, 0.717) is 5.69 Å². The van der Waals surface area contributed by atoms with E-state index in [0.717, 1.165) is 24.6 Å². The number of hydrogen-bond donors (Lipinski definition) is 2. The first kappa shape index (κ1) is 12.9. The quantitative estimate of drug-likeness (QED) is 0.811. The molecule has 4 heteroatoms. The minimum Gasteiger partial charge on any atom is -0.373 e. The highest BCUT2D eigenvalue weighted by atomic mass is 16.1. The molecule has 1 saturated carbocycles. The van der Waals surface area contributed by atoms with Gasteiger partial charge in [0, 0.05) is 13.1 Å². The van der Waals surface area contributed by atoms with Crippen LogP contribution in [0.25, 0.3) is 0 Å². The maximum Gasteiger partial charge on any atom is 0.270 e. The molecule has 0 bridgehead atoms. The van der Waals surface area contributed by atoms with Gasteiger partial charge in [-0.15, -0.1) is 0 Å². The summed E-state index contributed by atoms with van der Waals surface area (Å²) in [6, 6.07) is 5.72. The summed E-state index contributed by atoms with van der Waals surface area (Å²) in [6.45, 7) is 2.12. The van der Waals surface area contributed by atoms with Crippen molar-refractivity contribution in [1.29, 1.82) is 0 Å². The van der Waals surface area contributed by atoms with Crippen LogP contribution < -0.4 is 10.6 Å². The first-order chi connectivity index (χ1) is 8.72. The molecule has 1 amide bonds. The summed E-state index contributed by atoms with van der Waals surface area (Å²) in [5, 5.41) is 6.02. The predicted molar refractivity (Wildman–Crippen MR) is 72.7 cm³/mol. The molecule has 1 aromatic rings. The van der Waals surface area contributed by atoms with Gasteiger partial charge in [0.2, 0.25) is 0 Å². The van der Waals surface area contributed by atoms with Crippen molar-refractivity contribution in [3.8, 4) is 0 Å². The molecule has 0 saturated heterocycles. The highest BCUT2D eigenvalue weighted by molar-refractivity contribution is 5.92. The summed E-state index contributed by atoms with van der Waals surface area (Å²) in [5.41, 5.74) is 0.482. The van der Waals surface area contributed by atoms with Crippen LogP contribution in [-0.2, 0) is 0 Å². The van der Waals surface area contributed by atoms with Crippen molar-refractivity contribution >= 4 is 11.7 Å². The number of hydrogen-bond acceptors (Lipinski definition) is 3. The molecule has 18 heavy (non-hydrogen) atoms. The van der Waals surface area contributed by atoms with Crippen molar-refractivity contribution in [2.45, 2.75) is 38.6 Å². The van der Waals surface area contributed by atoms with Gasteiger partial charge in [-0.25, -0.2) is 4.98 Å². The van der Waals surface area contributed by atoms with Crippen molar-refractivity contribution in [2.75, 3.05) is 12.4 Å². The highest BCUT2D eigenvalue weighted by Crippen LogP contribution is 2.34. The van der Waals surface area contributed by atoms with E-state index in [1.54, 1.807) is 13.1 Å². The van der Waals surface area contributed by atoms with Crippen LogP contribution in [0.15, 0.2) is 18.2 Å². The largest absolute Gasteiger partial charge is 0.373 e. The maximum atomic E-state index is 12.1. The Morgan fingerprint density at radius 2 is 2.28 bits per heavy atom. The summed E-state index contributed by atoms with van der Waals surface area (Å²) in [7, 11) is 1.80. The van der Waals surface area contributed by atoms with Crippen LogP contribution in [0.2, 0.25) is 0 Å². The monoisotopic (exact) mass is 247 g/mol. The predicted octanol–water partition coefficient (Wildman–Crippen LogP) is 2.43. The summed E-state index contributed by atoms with van der Waals surface area (Å²) >= 11 is 0. The molecule has 1 aromatic heterocycles. The van der Waals surface area contributed by atoms with Crippen LogP contribution in [0.1, 0.15) is 43.1 Å². The fourth-order valence-corrected chi connectivity index (χ4v) is 2.04. The number of nitrogens with zero attached hydrogens (tertiary/aromatic N) is 1. The molecule has 1 aliphatic rings. The van der Waals surface area contributed by atoms with Crippen molar-refractivity contribution in [3.05, 3.63) is 23.9 Å². The Bertz CT molecular complexity index is 415. The van der Waals surface area contributed by atoms with Crippen molar-refractivity contribution in [2.24, 2.45) is 5.92 Å². The second kappa shape index (κ2) is 5.85. The standard InChI is InChI=1S/C14H21N3O/c1-3-11(9-10-7-8-10)16-14(18)12-5-4-6-13(15-2)17-12/h4-6,10-11H,3,7-9H2,1-2H3,(H,15,17)(H,16,18). The second-order valence-electron chi connectivity index (χ2n) is 4.92. The van der Waals surface area contributed by atoms with Gasteiger partial charge in [0.25, 0.3) is 5.91 Å². The van der Waals surface area contributed by atoms with Gasteiger partial charge in [0.05, 0.1) is 0 Å². The highest BCUT2D eigenvalue weighted by Gasteiger charge is 2.25. The lowest BCUT2D eigenvalue weighted by Gasteiger charge is -2.16. The molecule has 0 aromatic carbocycles. The van der Waals surface area contributed by atoms with Crippen LogP contribution in [-0.4, -0.2) is 24.0 Å². The number of rotatable bonds is 6. The number of aromatic nitrogens is 1. The zero-order chi connectivity index (χ0) is 13.0. The lowest BCUT2D eigenvalue weighted by Crippen LogP contribution is -2.35. The van der Waals surface area contributed by atoms with Crippen molar-refractivity contribution in [3.63, 3.8) is 0 Å². The van der Waals surface area contributed by atoms with Crippen molar-refractivity contribution < 1.29 is 4.79 Å². The van der Waals surface area contributed by atoms with Crippen LogP contribution in [0, 0.1) is 5.92 Å². The molecular formula is C14H21N3O. The third kappa shape index (κ3) is 3.45. The van der Waals surface area contributed by atoms with Crippen LogP contribution in [0.3, 0.4) is 0 Å². The molecular weight excluding hydrogens is 226 g/mol.